The lowest BCUT2D eigenvalue weighted by atomic mass is 10.0. The fraction of sp³-hybridized carbons (Fsp3) is 0.500. The molecule has 1 aliphatic heterocycles. The lowest BCUT2D eigenvalue weighted by Crippen LogP contribution is -2.55. The van der Waals surface area contributed by atoms with Crippen LogP contribution in [0, 0.1) is 0 Å². The number of piperidine rings is 1. The van der Waals surface area contributed by atoms with Crippen LogP contribution in [0.2, 0.25) is 0 Å². The first-order valence-electron chi connectivity index (χ1n) is 7.56. The summed E-state index contributed by atoms with van der Waals surface area (Å²) >= 11 is 0. The van der Waals surface area contributed by atoms with E-state index in [0.29, 0.717) is 6.04 Å². The molecular weight excluding hydrogens is 266 g/mol. The van der Waals surface area contributed by atoms with Crippen LogP contribution in [0.25, 0.3) is 0 Å². The van der Waals surface area contributed by atoms with Gasteiger partial charge in [0.25, 0.3) is 0 Å². The first kappa shape index (κ1) is 13.9. The van der Waals surface area contributed by atoms with Crippen molar-refractivity contribution >= 4 is 17.6 Å². The maximum atomic E-state index is 12.7. The maximum Gasteiger partial charge on any atom is 0.318 e. The SMILES string of the molecule is CN(C(=O)NC1CC1)[C@H]1CCCN(c2ccccc2)C1=O. The quantitative estimate of drug-likeness (QED) is 0.924. The largest absolute Gasteiger partial charge is 0.335 e. The zero-order chi connectivity index (χ0) is 14.8. The number of hydrogen-bond donors (Lipinski definition) is 1. The van der Waals surface area contributed by atoms with Gasteiger partial charge in [0, 0.05) is 25.3 Å². The highest BCUT2D eigenvalue weighted by Crippen LogP contribution is 2.24. The average Bonchev–Trinajstić information content (AvgIpc) is 3.31. The highest BCUT2D eigenvalue weighted by atomic mass is 16.2. The number of carbonyl (C=O) groups excluding carboxylic acids is 2. The van der Waals surface area contributed by atoms with Gasteiger partial charge in [-0.1, -0.05) is 18.2 Å². The monoisotopic (exact) mass is 287 g/mol. The second kappa shape index (κ2) is 5.76. The van der Waals surface area contributed by atoms with Crippen LogP contribution >= 0.6 is 0 Å². The fourth-order valence-corrected chi connectivity index (χ4v) is 2.73. The van der Waals surface area contributed by atoms with Gasteiger partial charge in [-0.25, -0.2) is 4.79 Å². The van der Waals surface area contributed by atoms with Crippen LogP contribution in [-0.4, -0.2) is 42.5 Å². The van der Waals surface area contributed by atoms with E-state index in [0.717, 1.165) is 37.9 Å². The molecule has 3 amide bonds. The van der Waals surface area contributed by atoms with Crippen LogP contribution in [0.3, 0.4) is 0 Å². The van der Waals surface area contributed by atoms with Crippen molar-refractivity contribution in [2.24, 2.45) is 0 Å². The van der Waals surface area contributed by atoms with E-state index >= 15 is 0 Å². The van der Waals surface area contributed by atoms with Gasteiger partial charge in [-0.05, 0) is 37.8 Å². The molecule has 1 atom stereocenters. The lowest BCUT2D eigenvalue weighted by Gasteiger charge is -2.36. The first-order valence-corrected chi connectivity index (χ1v) is 7.56. The van der Waals surface area contributed by atoms with Crippen molar-refractivity contribution in [3.8, 4) is 0 Å². The Bertz CT molecular complexity index is 528. The number of nitrogens with zero attached hydrogens (tertiary/aromatic N) is 2. The highest BCUT2D eigenvalue weighted by Gasteiger charge is 2.35. The Morgan fingerprint density at radius 2 is 1.95 bits per heavy atom. The second-order valence-electron chi connectivity index (χ2n) is 5.82. The molecule has 1 aromatic rings. The van der Waals surface area contributed by atoms with Crippen molar-refractivity contribution in [1.82, 2.24) is 10.2 Å². The third-order valence-corrected chi connectivity index (χ3v) is 4.17. The molecule has 3 rings (SSSR count). The number of amides is 3. The van der Waals surface area contributed by atoms with Gasteiger partial charge >= 0.3 is 6.03 Å². The summed E-state index contributed by atoms with van der Waals surface area (Å²) in [7, 11) is 1.72. The van der Waals surface area contributed by atoms with Crippen molar-refractivity contribution < 1.29 is 9.59 Å². The number of rotatable bonds is 3. The van der Waals surface area contributed by atoms with E-state index in [2.05, 4.69) is 5.32 Å². The molecule has 0 radical (unpaired) electrons. The van der Waals surface area contributed by atoms with Crippen LogP contribution in [0.15, 0.2) is 30.3 Å². The van der Waals surface area contributed by atoms with Gasteiger partial charge in [0.2, 0.25) is 5.91 Å². The lowest BCUT2D eigenvalue weighted by molar-refractivity contribution is -0.123. The third-order valence-electron chi connectivity index (χ3n) is 4.17. The molecule has 2 fully saturated rings. The van der Waals surface area contributed by atoms with Gasteiger partial charge in [0.1, 0.15) is 6.04 Å². The summed E-state index contributed by atoms with van der Waals surface area (Å²) in [6.07, 6.45) is 3.74. The summed E-state index contributed by atoms with van der Waals surface area (Å²) in [4.78, 5) is 28.2. The highest BCUT2D eigenvalue weighted by molar-refractivity contribution is 5.99. The molecule has 0 spiro atoms. The molecule has 0 unspecified atom stereocenters. The number of para-hydroxylation sites is 1. The van der Waals surface area contributed by atoms with Crippen LogP contribution in [0.4, 0.5) is 10.5 Å². The molecule has 1 heterocycles. The van der Waals surface area contributed by atoms with Crippen molar-refractivity contribution in [2.45, 2.75) is 37.8 Å². The van der Waals surface area contributed by atoms with Crippen molar-refractivity contribution in [3.63, 3.8) is 0 Å². The average molecular weight is 287 g/mol. The van der Waals surface area contributed by atoms with E-state index in [1.54, 1.807) is 16.8 Å². The Balaban J connectivity index is 1.70. The molecular formula is C16H21N3O2. The molecule has 1 N–H and O–H groups in total. The number of carbonyl (C=O) groups is 2. The zero-order valence-electron chi connectivity index (χ0n) is 12.3. The summed E-state index contributed by atoms with van der Waals surface area (Å²) < 4.78 is 0. The minimum atomic E-state index is -0.363. The Kier molecular flexibility index (Phi) is 3.82. The zero-order valence-corrected chi connectivity index (χ0v) is 12.3. The third kappa shape index (κ3) is 3.01. The number of likely N-dealkylation sites (N-methyl/N-ethyl adjacent to an activating group) is 1. The maximum absolute atomic E-state index is 12.7. The van der Waals surface area contributed by atoms with Crippen LogP contribution in [-0.2, 0) is 4.79 Å². The first-order chi connectivity index (χ1) is 10.2. The van der Waals surface area contributed by atoms with E-state index in [4.69, 9.17) is 0 Å². The van der Waals surface area contributed by atoms with E-state index < -0.39 is 0 Å². The van der Waals surface area contributed by atoms with Crippen molar-refractivity contribution in [3.05, 3.63) is 30.3 Å². The van der Waals surface area contributed by atoms with Gasteiger partial charge in [0.15, 0.2) is 0 Å². The normalized spacial score (nSPS) is 22.0. The second-order valence-corrected chi connectivity index (χ2v) is 5.82. The number of benzene rings is 1. The number of nitrogens with one attached hydrogen (secondary N) is 1. The van der Waals surface area contributed by atoms with E-state index in [-0.39, 0.29) is 18.0 Å². The van der Waals surface area contributed by atoms with Gasteiger partial charge in [0.05, 0.1) is 0 Å². The van der Waals surface area contributed by atoms with Gasteiger partial charge in [-0.15, -0.1) is 0 Å². The molecule has 0 aromatic heterocycles. The number of anilines is 1. The van der Waals surface area contributed by atoms with Crippen molar-refractivity contribution in [1.29, 1.82) is 0 Å². The molecule has 2 aliphatic rings. The predicted molar refractivity (Wildman–Crippen MR) is 81.1 cm³/mol. The summed E-state index contributed by atoms with van der Waals surface area (Å²) in [6.45, 7) is 0.720. The standard InChI is InChI=1S/C16H21N3O2/c1-18(16(21)17-12-9-10-12)14-8-5-11-19(15(14)20)13-6-3-2-4-7-13/h2-4,6-7,12,14H,5,8-11H2,1H3,(H,17,21)/t14-/m0/s1. The predicted octanol–water partition coefficient (Wildman–Crippen LogP) is 1.99. The molecule has 0 bridgehead atoms. The Morgan fingerprint density at radius 1 is 1.24 bits per heavy atom. The number of urea groups is 1. The molecule has 1 saturated heterocycles. The number of hydrogen-bond acceptors (Lipinski definition) is 2. The van der Waals surface area contributed by atoms with Gasteiger partial charge < -0.3 is 15.1 Å². The molecule has 5 nitrogen and oxygen atoms in total. The molecule has 21 heavy (non-hydrogen) atoms. The Labute approximate surface area is 124 Å². The van der Waals surface area contributed by atoms with Gasteiger partial charge in [-0.3, -0.25) is 4.79 Å². The minimum absolute atomic E-state index is 0.0147. The molecule has 1 aromatic carbocycles. The van der Waals surface area contributed by atoms with Crippen LogP contribution < -0.4 is 10.2 Å². The summed E-state index contributed by atoms with van der Waals surface area (Å²) in [5.41, 5.74) is 0.906. The Morgan fingerprint density at radius 3 is 2.62 bits per heavy atom. The Hall–Kier alpha value is -2.04. The summed E-state index contributed by atoms with van der Waals surface area (Å²) in [6, 6.07) is 9.47. The molecule has 5 heteroatoms. The van der Waals surface area contributed by atoms with Crippen molar-refractivity contribution in [2.75, 3.05) is 18.5 Å². The van der Waals surface area contributed by atoms with Crippen LogP contribution in [0.1, 0.15) is 25.7 Å². The van der Waals surface area contributed by atoms with E-state index in [9.17, 15) is 9.59 Å². The van der Waals surface area contributed by atoms with Crippen LogP contribution in [0.5, 0.6) is 0 Å². The minimum Gasteiger partial charge on any atom is -0.335 e. The van der Waals surface area contributed by atoms with Gasteiger partial charge in [-0.2, -0.15) is 0 Å². The topological polar surface area (TPSA) is 52.7 Å². The molecule has 112 valence electrons. The molecule has 1 saturated carbocycles. The van der Waals surface area contributed by atoms with E-state index in [1.807, 2.05) is 30.3 Å². The smallest absolute Gasteiger partial charge is 0.318 e. The summed E-state index contributed by atoms with van der Waals surface area (Å²) in [5, 5.41) is 2.94. The molecule has 1 aliphatic carbocycles. The fourth-order valence-electron chi connectivity index (χ4n) is 2.73. The van der Waals surface area contributed by atoms with E-state index in [1.165, 1.54) is 0 Å². The summed E-state index contributed by atoms with van der Waals surface area (Å²) in [5.74, 6) is 0.0147.